The minimum Gasteiger partial charge on any atom is -0.397 e. The first kappa shape index (κ1) is 13.4. The molecule has 0 aromatic heterocycles. The number of hydrogen-bond donors (Lipinski definition) is 2. The highest BCUT2D eigenvalue weighted by atomic mass is 35.5. The van der Waals surface area contributed by atoms with Crippen molar-refractivity contribution in [2.75, 3.05) is 31.2 Å². The fourth-order valence-corrected chi connectivity index (χ4v) is 2.63. The summed E-state index contributed by atoms with van der Waals surface area (Å²) in [4.78, 5) is 2.30. The van der Waals surface area contributed by atoms with Crippen molar-refractivity contribution >= 4 is 23.0 Å². The molecule has 1 saturated heterocycles. The van der Waals surface area contributed by atoms with Crippen molar-refractivity contribution in [3.63, 3.8) is 0 Å². The molecule has 2 unspecified atom stereocenters. The highest BCUT2D eigenvalue weighted by Gasteiger charge is 2.24. The average molecular weight is 272 g/mol. The van der Waals surface area contributed by atoms with Crippen LogP contribution in [0.1, 0.15) is 13.3 Å². The summed E-state index contributed by atoms with van der Waals surface area (Å²) >= 11 is 5.69. The standard InChI is InChI=1S/C13H19ClFN3/c1-8-7-18(2)4-3-12(8)17-13-6-10(15)9(14)5-11(13)16/h5-6,8,12,17H,3-4,7,16H2,1-2H3. The first-order chi connectivity index (χ1) is 8.47. The van der Waals surface area contributed by atoms with Crippen molar-refractivity contribution in [1.29, 1.82) is 0 Å². The molecule has 3 N–H and O–H groups in total. The number of likely N-dealkylation sites (tertiary alicyclic amines) is 1. The van der Waals surface area contributed by atoms with Gasteiger partial charge in [-0.25, -0.2) is 4.39 Å². The molecule has 0 saturated carbocycles. The minimum atomic E-state index is -0.436. The fraction of sp³-hybridized carbons (Fsp3) is 0.538. The zero-order valence-electron chi connectivity index (χ0n) is 10.7. The number of anilines is 2. The first-order valence-corrected chi connectivity index (χ1v) is 6.54. The Hall–Kier alpha value is -1.00. The minimum absolute atomic E-state index is 0.0643. The van der Waals surface area contributed by atoms with E-state index < -0.39 is 5.82 Å². The lowest BCUT2D eigenvalue weighted by molar-refractivity contribution is 0.206. The summed E-state index contributed by atoms with van der Waals surface area (Å²) in [5.74, 6) is 0.0656. The second-order valence-corrected chi connectivity index (χ2v) is 5.54. The molecule has 3 nitrogen and oxygen atoms in total. The van der Waals surface area contributed by atoms with Gasteiger partial charge in [0.2, 0.25) is 0 Å². The van der Waals surface area contributed by atoms with Crippen LogP contribution in [-0.4, -0.2) is 31.1 Å². The van der Waals surface area contributed by atoms with Crippen molar-refractivity contribution in [3.8, 4) is 0 Å². The predicted molar refractivity (Wildman–Crippen MR) is 74.5 cm³/mol. The van der Waals surface area contributed by atoms with Gasteiger partial charge in [0.15, 0.2) is 0 Å². The van der Waals surface area contributed by atoms with Gasteiger partial charge in [0.05, 0.1) is 16.4 Å². The third kappa shape index (κ3) is 2.87. The van der Waals surface area contributed by atoms with Crippen LogP contribution < -0.4 is 11.1 Å². The maximum Gasteiger partial charge on any atom is 0.143 e. The van der Waals surface area contributed by atoms with Gasteiger partial charge in [-0.05, 0) is 32.0 Å². The van der Waals surface area contributed by atoms with Crippen molar-refractivity contribution in [2.45, 2.75) is 19.4 Å². The molecule has 5 heteroatoms. The smallest absolute Gasteiger partial charge is 0.143 e. The molecule has 0 aliphatic carbocycles. The van der Waals surface area contributed by atoms with Crippen LogP contribution in [0.15, 0.2) is 12.1 Å². The summed E-state index contributed by atoms with van der Waals surface area (Å²) in [6, 6.07) is 3.16. The van der Waals surface area contributed by atoms with E-state index >= 15 is 0 Å². The molecule has 1 fully saturated rings. The number of piperidine rings is 1. The lowest BCUT2D eigenvalue weighted by Gasteiger charge is -2.36. The van der Waals surface area contributed by atoms with Crippen LogP contribution in [0, 0.1) is 11.7 Å². The summed E-state index contributed by atoms with van der Waals surface area (Å²) in [6.45, 7) is 4.27. The summed E-state index contributed by atoms with van der Waals surface area (Å²) < 4.78 is 13.4. The highest BCUT2D eigenvalue weighted by Crippen LogP contribution is 2.29. The third-order valence-corrected chi connectivity index (χ3v) is 3.83. The topological polar surface area (TPSA) is 41.3 Å². The highest BCUT2D eigenvalue weighted by molar-refractivity contribution is 6.31. The van der Waals surface area contributed by atoms with Gasteiger partial charge in [0, 0.05) is 18.7 Å². The summed E-state index contributed by atoms with van der Waals surface area (Å²) in [5, 5.41) is 3.40. The summed E-state index contributed by atoms with van der Waals surface area (Å²) in [7, 11) is 2.11. The van der Waals surface area contributed by atoms with Crippen LogP contribution in [0.5, 0.6) is 0 Å². The first-order valence-electron chi connectivity index (χ1n) is 6.17. The maximum absolute atomic E-state index is 13.4. The van der Waals surface area contributed by atoms with E-state index in [2.05, 4.69) is 24.2 Å². The molecule has 1 aliphatic heterocycles. The van der Waals surface area contributed by atoms with Crippen LogP contribution >= 0.6 is 11.6 Å². The number of nitrogens with one attached hydrogen (secondary N) is 1. The van der Waals surface area contributed by atoms with E-state index in [0.717, 1.165) is 19.5 Å². The zero-order chi connectivity index (χ0) is 13.3. The normalized spacial score (nSPS) is 25.1. The molecule has 1 aromatic rings. The molecule has 1 aromatic carbocycles. The maximum atomic E-state index is 13.4. The van der Waals surface area contributed by atoms with E-state index in [9.17, 15) is 4.39 Å². The van der Waals surface area contributed by atoms with E-state index in [-0.39, 0.29) is 5.02 Å². The van der Waals surface area contributed by atoms with E-state index in [0.29, 0.717) is 23.3 Å². The Morgan fingerprint density at radius 3 is 2.89 bits per heavy atom. The van der Waals surface area contributed by atoms with Gasteiger partial charge >= 0.3 is 0 Å². The van der Waals surface area contributed by atoms with Crippen LogP contribution in [0.2, 0.25) is 5.02 Å². The van der Waals surface area contributed by atoms with Gasteiger partial charge in [-0.15, -0.1) is 0 Å². The Balaban J connectivity index is 2.12. The zero-order valence-corrected chi connectivity index (χ0v) is 11.5. The molecular formula is C13H19ClFN3. The molecule has 0 spiro atoms. The molecular weight excluding hydrogens is 253 g/mol. The van der Waals surface area contributed by atoms with Crippen molar-refractivity contribution < 1.29 is 4.39 Å². The quantitative estimate of drug-likeness (QED) is 0.813. The molecule has 2 atom stereocenters. The second-order valence-electron chi connectivity index (χ2n) is 5.13. The van der Waals surface area contributed by atoms with Gasteiger partial charge in [-0.1, -0.05) is 18.5 Å². The Kier molecular flexibility index (Phi) is 3.97. The Bertz CT molecular complexity index is 438. The van der Waals surface area contributed by atoms with Crippen LogP contribution in [-0.2, 0) is 0 Å². The van der Waals surface area contributed by atoms with Crippen molar-refractivity contribution in [3.05, 3.63) is 23.0 Å². The number of nitrogen functional groups attached to an aromatic ring is 1. The molecule has 0 radical (unpaired) electrons. The Morgan fingerprint density at radius 1 is 1.50 bits per heavy atom. The van der Waals surface area contributed by atoms with E-state index in [4.69, 9.17) is 17.3 Å². The summed E-state index contributed by atoms with van der Waals surface area (Å²) in [5.41, 5.74) is 6.99. The van der Waals surface area contributed by atoms with E-state index in [1.54, 1.807) is 0 Å². The molecule has 0 bridgehead atoms. The number of nitrogens with two attached hydrogens (primary N) is 1. The van der Waals surface area contributed by atoms with Gasteiger partial charge in [0.1, 0.15) is 5.82 Å². The van der Waals surface area contributed by atoms with Crippen molar-refractivity contribution in [1.82, 2.24) is 4.90 Å². The van der Waals surface area contributed by atoms with Crippen LogP contribution in [0.3, 0.4) is 0 Å². The number of hydrogen-bond acceptors (Lipinski definition) is 3. The number of rotatable bonds is 2. The van der Waals surface area contributed by atoms with Gasteiger partial charge in [-0.2, -0.15) is 0 Å². The SMILES string of the molecule is CC1CN(C)CCC1Nc1cc(F)c(Cl)cc1N. The number of nitrogens with zero attached hydrogens (tertiary/aromatic N) is 1. The van der Waals surface area contributed by atoms with Crippen LogP contribution in [0.4, 0.5) is 15.8 Å². The molecule has 18 heavy (non-hydrogen) atoms. The lowest BCUT2D eigenvalue weighted by Crippen LogP contribution is -2.43. The molecule has 1 heterocycles. The Morgan fingerprint density at radius 2 is 2.22 bits per heavy atom. The van der Waals surface area contributed by atoms with Crippen LogP contribution in [0.25, 0.3) is 0 Å². The Labute approximate surface area is 112 Å². The molecule has 0 amide bonds. The molecule has 100 valence electrons. The van der Waals surface area contributed by atoms with E-state index in [1.807, 2.05) is 0 Å². The monoisotopic (exact) mass is 271 g/mol. The van der Waals surface area contributed by atoms with Crippen molar-refractivity contribution in [2.24, 2.45) is 5.92 Å². The summed E-state index contributed by atoms with van der Waals surface area (Å²) in [6.07, 6.45) is 1.03. The predicted octanol–water partition coefficient (Wildman–Crippen LogP) is 2.81. The molecule has 2 rings (SSSR count). The largest absolute Gasteiger partial charge is 0.397 e. The molecule has 1 aliphatic rings. The fourth-order valence-electron chi connectivity index (χ4n) is 2.46. The number of halogens is 2. The third-order valence-electron chi connectivity index (χ3n) is 3.54. The second kappa shape index (κ2) is 5.33. The van der Waals surface area contributed by atoms with E-state index in [1.165, 1.54) is 12.1 Å². The van der Waals surface area contributed by atoms with Gasteiger partial charge in [-0.3, -0.25) is 0 Å². The average Bonchev–Trinajstić information content (AvgIpc) is 2.29. The number of benzene rings is 1. The lowest BCUT2D eigenvalue weighted by atomic mass is 9.94. The van der Waals surface area contributed by atoms with Gasteiger partial charge in [0.25, 0.3) is 0 Å². The van der Waals surface area contributed by atoms with Gasteiger partial charge < -0.3 is 16.0 Å².